The lowest BCUT2D eigenvalue weighted by Gasteiger charge is -2.15. The topological polar surface area (TPSA) is 118 Å². The molecule has 0 spiro atoms. The summed E-state index contributed by atoms with van der Waals surface area (Å²) in [5, 5.41) is 21.0. The molecule has 0 aromatic heterocycles. The summed E-state index contributed by atoms with van der Waals surface area (Å²) < 4.78 is 28.2. The number of sulfonamides is 1. The zero-order valence-electron chi connectivity index (χ0n) is 13.9. The van der Waals surface area contributed by atoms with Gasteiger partial charge in [-0.15, -0.1) is 0 Å². The molecule has 7 nitrogen and oxygen atoms in total. The number of hydrogen-bond acceptors (Lipinski definition) is 6. The molecule has 2 rings (SSSR count). The molecule has 0 unspecified atom stereocenters. The predicted molar refractivity (Wildman–Crippen MR) is 100 cm³/mol. The highest BCUT2D eigenvalue weighted by molar-refractivity contribution is 7.93. The molecule has 0 radical (unpaired) electrons. The van der Waals surface area contributed by atoms with Gasteiger partial charge in [-0.3, -0.25) is 10.1 Å². The van der Waals surface area contributed by atoms with E-state index in [-0.39, 0.29) is 15.6 Å². The monoisotopic (exact) mass is 387 g/mol. The summed E-state index contributed by atoms with van der Waals surface area (Å²) in [6, 6.07) is 12.8. The molecule has 2 aromatic rings. The molecule has 0 aliphatic heterocycles. The molecule has 9 heteroatoms. The third kappa shape index (κ3) is 4.31. The van der Waals surface area contributed by atoms with Crippen molar-refractivity contribution >= 4 is 38.7 Å². The Kier molecular flexibility index (Phi) is 5.83. The molecular weight excluding hydrogens is 374 g/mol. The molecule has 0 bridgehead atoms. The second kappa shape index (κ2) is 7.87. The van der Waals surface area contributed by atoms with Crippen LogP contribution in [0.15, 0.2) is 46.4 Å². The summed E-state index contributed by atoms with van der Waals surface area (Å²) in [5.41, 5.74) is 4.17. The highest BCUT2D eigenvalue weighted by Gasteiger charge is 2.23. The molecule has 0 saturated heterocycles. The van der Waals surface area contributed by atoms with Crippen LogP contribution >= 0.6 is 11.6 Å². The van der Waals surface area contributed by atoms with Crippen LogP contribution in [0, 0.1) is 36.5 Å². The molecule has 0 aliphatic rings. The Morgan fingerprint density at radius 1 is 1.12 bits per heavy atom. The fraction of sp³-hybridized carbons (Fsp3) is 0.118. The first-order valence-corrected chi connectivity index (χ1v) is 9.17. The minimum absolute atomic E-state index is 0.0297. The second-order valence-corrected chi connectivity index (χ2v) is 7.36. The number of anilines is 2. The number of benzene rings is 2. The zero-order valence-corrected chi connectivity index (χ0v) is 15.5. The van der Waals surface area contributed by atoms with Crippen molar-refractivity contribution in [3.8, 4) is 12.1 Å². The summed E-state index contributed by atoms with van der Waals surface area (Å²) in [5.74, 6) is 0. The normalized spacial score (nSPS) is 10.3. The molecule has 0 heterocycles. The van der Waals surface area contributed by atoms with E-state index < -0.39 is 15.7 Å². The van der Waals surface area contributed by atoms with Gasteiger partial charge in [-0.2, -0.15) is 15.6 Å². The van der Waals surface area contributed by atoms with Gasteiger partial charge >= 0.3 is 0 Å². The first-order valence-electron chi connectivity index (χ1n) is 7.31. The van der Waals surface area contributed by atoms with Crippen LogP contribution in [0.25, 0.3) is 0 Å². The maximum Gasteiger partial charge on any atom is 0.265 e. The van der Waals surface area contributed by atoms with Gasteiger partial charge in [-0.05, 0) is 37.6 Å². The highest BCUT2D eigenvalue weighted by Crippen LogP contribution is 2.31. The van der Waals surface area contributed by atoms with Gasteiger partial charge in [0.15, 0.2) is 0 Å². The highest BCUT2D eigenvalue weighted by atomic mass is 35.5. The van der Waals surface area contributed by atoms with Gasteiger partial charge in [-0.25, -0.2) is 8.42 Å². The second-order valence-electron chi connectivity index (χ2n) is 5.34. The van der Waals surface area contributed by atoms with Crippen molar-refractivity contribution in [3.63, 3.8) is 0 Å². The number of rotatable bonds is 5. The molecule has 0 fully saturated rings. The Morgan fingerprint density at radius 3 is 2.42 bits per heavy atom. The smallest absolute Gasteiger partial charge is 0.265 e. The van der Waals surface area contributed by atoms with E-state index in [2.05, 4.69) is 15.2 Å². The molecular formula is C17H14ClN5O2S. The van der Waals surface area contributed by atoms with Crippen LogP contribution in [0.1, 0.15) is 11.1 Å². The fourth-order valence-corrected chi connectivity index (χ4v) is 4.01. The standard InChI is InChI=1S/C17H14ClN5O2S/c1-11-6-7-15(12(2)8-11)23-26(24,25)17-14(18)4-3-5-16(17)22-21-13(9-19)10-20/h3-8,22-23H,1-2H3. The van der Waals surface area contributed by atoms with Crippen LogP contribution in [-0.2, 0) is 10.0 Å². The van der Waals surface area contributed by atoms with Gasteiger partial charge in [0.2, 0.25) is 5.71 Å². The van der Waals surface area contributed by atoms with Gasteiger partial charge in [-0.1, -0.05) is 35.4 Å². The van der Waals surface area contributed by atoms with E-state index in [1.54, 1.807) is 31.2 Å². The Bertz CT molecular complexity index is 1050. The predicted octanol–water partition coefficient (Wildman–Crippen LogP) is 3.57. The van der Waals surface area contributed by atoms with Crippen molar-refractivity contribution in [2.45, 2.75) is 18.7 Å². The van der Waals surface area contributed by atoms with Crippen LogP contribution in [0.4, 0.5) is 11.4 Å². The van der Waals surface area contributed by atoms with Gasteiger partial charge in [0, 0.05) is 0 Å². The summed E-state index contributed by atoms with van der Waals surface area (Å²) in [4.78, 5) is -0.236. The van der Waals surface area contributed by atoms with E-state index in [1.807, 2.05) is 13.0 Å². The summed E-state index contributed by atoms with van der Waals surface area (Å²) in [6.45, 7) is 3.69. The largest absolute Gasteiger partial charge is 0.279 e. The third-order valence-electron chi connectivity index (χ3n) is 3.36. The fourth-order valence-electron chi connectivity index (χ4n) is 2.19. The molecule has 0 saturated carbocycles. The maximum atomic E-state index is 12.9. The van der Waals surface area contributed by atoms with Crippen molar-refractivity contribution in [1.29, 1.82) is 10.5 Å². The van der Waals surface area contributed by atoms with Crippen LogP contribution in [0.5, 0.6) is 0 Å². The number of nitrogens with one attached hydrogen (secondary N) is 2. The third-order valence-corrected chi connectivity index (χ3v) is 5.25. The molecule has 0 aliphatic carbocycles. The summed E-state index contributed by atoms with van der Waals surface area (Å²) >= 11 is 6.09. The van der Waals surface area contributed by atoms with E-state index >= 15 is 0 Å². The SMILES string of the molecule is Cc1ccc(NS(=O)(=O)c2c(Cl)cccc2NN=C(C#N)C#N)c(C)c1. The van der Waals surface area contributed by atoms with Crippen molar-refractivity contribution in [2.75, 3.05) is 10.1 Å². The molecule has 2 aromatic carbocycles. The first-order chi connectivity index (χ1) is 12.3. The number of hydrazone groups is 1. The van der Waals surface area contributed by atoms with E-state index in [1.165, 1.54) is 18.2 Å². The van der Waals surface area contributed by atoms with Crippen LogP contribution in [0.2, 0.25) is 5.02 Å². The number of hydrogen-bond donors (Lipinski definition) is 2. The molecule has 0 amide bonds. The zero-order chi connectivity index (χ0) is 19.3. The number of halogens is 1. The number of aryl methyl sites for hydroxylation is 2. The van der Waals surface area contributed by atoms with Crippen molar-refractivity contribution in [3.05, 3.63) is 52.5 Å². The molecule has 2 N–H and O–H groups in total. The number of nitriles is 2. The Hall–Kier alpha value is -3.07. The Morgan fingerprint density at radius 2 is 1.81 bits per heavy atom. The first kappa shape index (κ1) is 19.3. The molecule has 0 atom stereocenters. The molecule has 132 valence electrons. The van der Waals surface area contributed by atoms with Crippen LogP contribution in [-0.4, -0.2) is 14.1 Å². The Balaban J connectivity index is 2.48. The quantitative estimate of drug-likeness (QED) is 0.600. The van der Waals surface area contributed by atoms with Crippen molar-refractivity contribution < 1.29 is 8.42 Å². The number of nitrogens with zero attached hydrogens (tertiary/aromatic N) is 3. The average Bonchev–Trinajstić information content (AvgIpc) is 2.58. The lowest BCUT2D eigenvalue weighted by molar-refractivity contribution is 0.601. The van der Waals surface area contributed by atoms with Gasteiger partial charge in [0.05, 0.1) is 16.4 Å². The van der Waals surface area contributed by atoms with Gasteiger partial charge < -0.3 is 0 Å². The maximum absolute atomic E-state index is 12.9. The summed E-state index contributed by atoms with van der Waals surface area (Å²) in [6.07, 6.45) is 0. The van der Waals surface area contributed by atoms with Gasteiger partial charge in [0.1, 0.15) is 17.0 Å². The average molecular weight is 388 g/mol. The lowest BCUT2D eigenvalue weighted by Crippen LogP contribution is -2.16. The Labute approximate surface area is 156 Å². The van der Waals surface area contributed by atoms with Gasteiger partial charge in [0.25, 0.3) is 10.0 Å². The van der Waals surface area contributed by atoms with E-state index in [0.29, 0.717) is 5.69 Å². The summed E-state index contributed by atoms with van der Waals surface area (Å²) in [7, 11) is -4.05. The van der Waals surface area contributed by atoms with E-state index in [9.17, 15) is 8.42 Å². The minimum atomic E-state index is -4.05. The van der Waals surface area contributed by atoms with Crippen molar-refractivity contribution in [2.24, 2.45) is 5.10 Å². The van der Waals surface area contributed by atoms with E-state index in [0.717, 1.165) is 11.1 Å². The minimum Gasteiger partial charge on any atom is -0.279 e. The van der Waals surface area contributed by atoms with Crippen LogP contribution < -0.4 is 10.1 Å². The van der Waals surface area contributed by atoms with Crippen LogP contribution in [0.3, 0.4) is 0 Å². The molecule has 26 heavy (non-hydrogen) atoms. The van der Waals surface area contributed by atoms with Crippen molar-refractivity contribution in [1.82, 2.24) is 0 Å². The lowest BCUT2D eigenvalue weighted by atomic mass is 10.1. The van der Waals surface area contributed by atoms with E-state index in [4.69, 9.17) is 22.1 Å².